The lowest BCUT2D eigenvalue weighted by Gasteiger charge is -2.12. The number of H-pyrrole nitrogens is 1. The summed E-state index contributed by atoms with van der Waals surface area (Å²) in [5.41, 5.74) is 10.3. The molecule has 0 saturated heterocycles. The van der Waals surface area contributed by atoms with Crippen molar-refractivity contribution < 1.29 is 4.79 Å². The van der Waals surface area contributed by atoms with Crippen molar-refractivity contribution in [2.75, 3.05) is 5.32 Å². The molecule has 4 N–H and O–H groups in total. The van der Waals surface area contributed by atoms with Gasteiger partial charge in [0.05, 0.1) is 6.04 Å². The highest BCUT2D eigenvalue weighted by Gasteiger charge is 2.13. The molecule has 106 valence electrons. The Morgan fingerprint density at radius 3 is 2.57 bits per heavy atom. The topological polar surface area (TPSA) is 70.9 Å². The van der Waals surface area contributed by atoms with E-state index in [1.54, 1.807) is 0 Å². The Bertz CT molecular complexity index is 774. The fraction of sp³-hybridized carbons (Fsp3) is 0.118. The van der Waals surface area contributed by atoms with Gasteiger partial charge in [-0.1, -0.05) is 30.3 Å². The summed E-state index contributed by atoms with van der Waals surface area (Å²) in [5.74, 6) is -0.0799. The predicted molar refractivity (Wildman–Crippen MR) is 85.1 cm³/mol. The Hall–Kier alpha value is -2.59. The summed E-state index contributed by atoms with van der Waals surface area (Å²) in [6, 6.07) is 15.5. The van der Waals surface area contributed by atoms with Crippen LogP contribution in [0.4, 0.5) is 5.69 Å². The number of anilines is 1. The maximum atomic E-state index is 11.0. The molecule has 2 aromatic carbocycles. The molecule has 0 bridgehead atoms. The van der Waals surface area contributed by atoms with Crippen LogP contribution in [0.15, 0.2) is 54.7 Å². The van der Waals surface area contributed by atoms with E-state index in [9.17, 15) is 4.79 Å². The molecule has 3 aromatic rings. The lowest BCUT2D eigenvalue weighted by atomic mass is 9.99. The van der Waals surface area contributed by atoms with Crippen LogP contribution in [0.25, 0.3) is 10.9 Å². The second kappa shape index (κ2) is 5.42. The minimum atomic E-state index is -0.201. The van der Waals surface area contributed by atoms with Gasteiger partial charge in [0, 0.05) is 29.7 Å². The van der Waals surface area contributed by atoms with E-state index in [4.69, 9.17) is 5.73 Å². The second-order valence-corrected chi connectivity index (χ2v) is 5.07. The van der Waals surface area contributed by atoms with Crippen molar-refractivity contribution >= 4 is 22.5 Å². The van der Waals surface area contributed by atoms with Crippen molar-refractivity contribution in [3.05, 3.63) is 65.9 Å². The van der Waals surface area contributed by atoms with Gasteiger partial charge in [-0.3, -0.25) is 4.79 Å². The molecule has 4 heteroatoms. The van der Waals surface area contributed by atoms with E-state index in [-0.39, 0.29) is 11.9 Å². The van der Waals surface area contributed by atoms with E-state index in [2.05, 4.69) is 16.4 Å². The van der Waals surface area contributed by atoms with E-state index in [1.807, 2.05) is 48.7 Å². The smallest absolute Gasteiger partial charge is 0.221 e. The summed E-state index contributed by atoms with van der Waals surface area (Å²) in [6.45, 7) is 1.49. The van der Waals surface area contributed by atoms with Crippen molar-refractivity contribution in [1.82, 2.24) is 4.98 Å². The van der Waals surface area contributed by atoms with Crippen LogP contribution in [0.3, 0.4) is 0 Å². The molecule has 0 saturated carbocycles. The monoisotopic (exact) mass is 279 g/mol. The number of nitrogens with one attached hydrogen (secondary N) is 2. The Morgan fingerprint density at radius 1 is 1.14 bits per heavy atom. The van der Waals surface area contributed by atoms with Gasteiger partial charge < -0.3 is 16.0 Å². The van der Waals surface area contributed by atoms with Crippen LogP contribution in [-0.4, -0.2) is 10.9 Å². The van der Waals surface area contributed by atoms with Crippen LogP contribution in [-0.2, 0) is 4.79 Å². The summed E-state index contributed by atoms with van der Waals surface area (Å²) < 4.78 is 0. The number of amides is 1. The molecule has 0 fully saturated rings. The minimum Gasteiger partial charge on any atom is -0.361 e. The lowest BCUT2D eigenvalue weighted by Crippen LogP contribution is -2.12. The first-order valence-corrected chi connectivity index (χ1v) is 6.84. The molecule has 1 atom stereocenters. The summed E-state index contributed by atoms with van der Waals surface area (Å²) in [6.07, 6.45) is 1.96. The normalized spacial score (nSPS) is 12.3. The number of rotatable bonds is 3. The van der Waals surface area contributed by atoms with Gasteiger partial charge >= 0.3 is 0 Å². The van der Waals surface area contributed by atoms with Crippen molar-refractivity contribution in [3.8, 4) is 0 Å². The quantitative estimate of drug-likeness (QED) is 0.689. The summed E-state index contributed by atoms with van der Waals surface area (Å²) in [4.78, 5) is 14.3. The Balaban J connectivity index is 1.91. The largest absolute Gasteiger partial charge is 0.361 e. The molecule has 1 heterocycles. The first kappa shape index (κ1) is 13.4. The molecule has 21 heavy (non-hydrogen) atoms. The van der Waals surface area contributed by atoms with E-state index >= 15 is 0 Å². The maximum absolute atomic E-state index is 11.0. The average molecular weight is 279 g/mol. The van der Waals surface area contributed by atoms with E-state index in [0.717, 1.165) is 27.7 Å². The Morgan fingerprint density at radius 2 is 1.86 bits per heavy atom. The molecule has 0 aliphatic rings. The number of hydrogen-bond donors (Lipinski definition) is 3. The van der Waals surface area contributed by atoms with Gasteiger partial charge in [-0.15, -0.1) is 0 Å². The third-order valence-electron chi connectivity index (χ3n) is 3.55. The number of carbonyl (C=O) groups is 1. The molecule has 0 aliphatic heterocycles. The summed E-state index contributed by atoms with van der Waals surface area (Å²) >= 11 is 0. The van der Waals surface area contributed by atoms with E-state index in [1.165, 1.54) is 6.92 Å². The third-order valence-corrected chi connectivity index (χ3v) is 3.55. The summed E-state index contributed by atoms with van der Waals surface area (Å²) in [7, 11) is 0. The van der Waals surface area contributed by atoms with Gasteiger partial charge in [0.15, 0.2) is 0 Å². The average Bonchev–Trinajstić information content (AvgIpc) is 2.90. The standard InChI is InChI=1S/C17H17N3O/c1-11(21)20-13-8-6-12(7-9-13)17(18)15-10-19-16-5-3-2-4-14(15)16/h2-10,17,19H,18H2,1H3,(H,20,21). The van der Waals surface area contributed by atoms with E-state index in [0.29, 0.717) is 0 Å². The van der Waals surface area contributed by atoms with Crippen molar-refractivity contribution in [3.63, 3.8) is 0 Å². The molecular weight excluding hydrogens is 262 g/mol. The first-order valence-electron chi connectivity index (χ1n) is 6.84. The highest BCUT2D eigenvalue weighted by atomic mass is 16.1. The zero-order valence-electron chi connectivity index (χ0n) is 11.8. The second-order valence-electron chi connectivity index (χ2n) is 5.07. The van der Waals surface area contributed by atoms with Crippen LogP contribution in [0.1, 0.15) is 24.1 Å². The number of para-hydroxylation sites is 1. The Kier molecular flexibility index (Phi) is 3.46. The maximum Gasteiger partial charge on any atom is 0.221 e. The zero-order chi connectivity index (χ0) is 14.8. The SMILES string of the molecule is CC(=O)Nc1ccc(C(N)c2c[nH]c3ccccc23)cc1. The van der Waals surface area contributed by atoms with Crippen molar-refractivity contribution in [2.45, 2.75) is 13.0 Å². The van der Waals surface area contributed by atoms with Crippen molar-refractivity contribution in [2.24, 2.45) is 5.73 Å². The highest BCUT2D eigenvalue weighted by molar-refractivity contribution is 5.88. The van der Waals surface area contributed by atoms with Gasteiger partial charge in [0.1, 0.15) is 0 Å². The third kappa shape index (κ3) is 2.66. The molecule has 4 nitrogen and oxygen atoms in total. The highest BCUT2D eigenvalue weighted by Crippen LogP contribution is 2.27. The van der Waals surface area contributed by atoms with Crippen LogP contribution in [0.5, 0.6) is 0 Å². The summed E-state index contributed by atoms with van der Waals surface area (Å²) in [5, 5.41) is 3.88. The van der Waals surface area contributed by atoms with Gasteiger partial charge in [0.25, 0.3) is 0 Å². The molecule has 1 unspecified atom stereocenters. The molecule has 0 spiro atoms. The fourth-order valence-corrected chi connectivity index (χ4v) is 2.51. The Labute approximate surface area is 123 Å². The van der Waals surface area contributed by atoms with Gasteiger partial charge in [-0.25, -0.2) is 0 Å². The number of fused-ring (bicyclic) bond motifs is 1. The van der Waals surface area contributed by atoms with Crippen LogP contribution in [0, 0.1) is 0 Å². The van der Waals surface area contributed by atoms with Gasteiger partial charge in [0.2, 0.25) is 5.91 Å². The first-order chi connectivity index (χ1) is 10.1. The number of aromatic amines is 1. The number of benzene rings is 2. The molecule has 1 amide bonds. The molecular formula is C17H17N3O. The number of carbonyl (C=O) groups excluding carboxylic acids is 1. The van der Waals surface area contributed by atoms with Crippen LogP contribution in [0.2, 0.25) is 0 Å². The van der Waals surface area contributed by atoms with Crippen molar-refractivity contribution in [1.29, 1.82) is 0 Å². The molecule has 0 radical (unpaired) electrons. The molecule has 3 rings (SSSR count). The molecule has 0 aliphatic carbocycles. The minimum absolute atomic E-state index is 0.0799. The van der Waals surface area contributed by atoms with Gasteiger partial charge in [-0.2, -0.15) is 0 Å². The van der Waals surface area contributed by atoms with E-state index < -0.39 is 0 Å². The predicted octanol–water partition coefficient (Wildman–Crippen LogP) is 3.17. The number of nitrogens with two attached hydrogens (primary N) is 1. The lowest BCUT2D eigenvalue weighted by molar-refractivity contribution is -0.114. The van der Waals surface area contributed by atoms with Gasteiger partial charge in [-0.05, 0) is 29.3 Å². The van der Waals surface area contributed by atoms with Crippen LogP contribution >= 0.6 is 0 Å². The molecule has 1 aromatic heterocycles. The number of hydrogen-bond acceptors (Lipinski definition) is 2. The number of aromatic nitrogens is 1. The zero-order valence-corrected chi connectivity index (χ0v) is 11.8. The van der Waals surface area contributed by atoms with Crippen LogP contribution < -0.4 is 11.1 Å². The fourth-order valence-electron chi connectivity index (χ4n) is 2.51.